The molecule has 6 heteroatoms. The summed E-state index contributed by atoms with van der Waals surface area (Å²) < 4.78 is 0. The van der Waals surface area contributed by atoms with Crippen LogP contribution in [0.15, 0.2) is 5.03 Å². The predicted molar refractivity (Wildman–Crippen MR) is 67.7 cm³/mol. The first-order valence-corrected chi connectivity index (χ1v) is 6.74. The van der Waals surface area contributed by atoms with Gasteiger partial charge in [-0.2, -0.15) is 0 Å². The van der Waals surface area contributed by atoms with Crippen LogP contribution in [0.3, 0.4) is 0 Å². The highest BCUT2D eigenvalue weighted by Gasteiger charge is 2.11. The predicted octanol–water partition coefficient (Wildman–Crippen LogP) is 3.88. The van der Waals surface area contributed by atoms with Crippen LogP contribution in [0.5, 0.6) is 0 Å². The maximum Gasteiger partial charge on any atom is 0.224 e. The summed E-state index contributed by atoms with van der Waals surface area (Å²) in [5.74, 6) is 0.901. The van der Waals surface area contributed by atoms with Crippen LogP contribution in [0.2, 0.25) is 10.4 Å². The van der Waals surface area contributed by atoms with Gasteiger partial charge in [0.05, 0.1) is 5.56 Å². The fourth-order valence-corrected chi connectivity index (χ4v) is 2.65. The normalized spacial score (nSPS) is 10.4. The molecule has 16 heavy (non-hydrogen) atoms. The van der Waals surface area contributed by atoms with E-state index in [1.165, 1.54) is 11.8 Å². The number of aromatic nitrogens is 2. The highest BCUT2D eigenvalue weighted by Crippen LogP contribution is 2.26. The second-order valence-electron chi connectivity index (χ2n) is 3.18. The minimum atomic E-state index is 0.0774. The lowest BCUT2D eigenvalue weighted by atomic mass is 10.3. The Morgan fingerprint density at radius 2 is 2.06 bits per heavy atom. The summed E-state index contributed by atoms with van der Waals surface area (Å²) in [4.78, 5) is 18.6. The van der Waals surface area contributed by atoms with E-state index >= 15 is 0 Å². The van der Waals surface area contributed by atoms with Crippen molar-refractivity contribution in [3.63, 3.8) is 0 Å². The Kier molecular flexibility index (Phi) is 6.09. The summed E-state index contributed by atoms with van der Waals surface area (Å²) in [6, 6.07) is 0. The Bertz CT molecular complexity index is 374. The molecule has 0 saturated heterocycles. The molecule has 0 amide bonds. The number of aldehydes is 1. The van der Waals surface area contributed by atoms with Crippen LogP contribution in [0.4, 0.5) is 0 Å². The van der Waals surface area contributed by atoms with Gasteiger partial charge in [-0.05, 0) is 23.8 Å². The van der Waals surface area contributed by atoms with Crippen LogP contribution >= 0.6 is 35.0 Å². The highest BCUT2D eigenvalue weighted by molar-refractivity contribution is 7.99. The van der Waals surface area contributed by atoms with Crippen LogP contribution in [0.25, 0.3) is 0 Å². The number of hydrogen-bond acceptors (Lipinski definition) is 4. The quantitative estimate of drug-likeness (QED) is 0.260. The van der Waals surface area contributed by atoms with Crippen molar-refractivity contribution in [3.05, 3.63) is 16.0 Å². The molecule has 0 unspecified atom stereocenters. The number of carbonyl (C=O) groups is 1. The van der Waals surface area contributed by atoms with Gasteiger partial charge in [-0.25, -0.2) is 9.97 Å². The van der Waals surface area contributed by atoms with Crippen molar-refractivity contribution >= 4 is 41.2 Å². The minimum Gasteiger partial charge on any atom is -0.298 e. The van der Waals surface area contributed by atoms with Crippen LogP contribution in [0.1, 0.15) is 36.5 Å². The average Bonchev–Trinajstić information content (AvgIpc) is 2.24. The lowest BCUT2D eigenvalue weighted by Gasteiger charge is -2.04. The van der Waals surface area contributed by atoms with E-state index in [0.29, 0.717) is 16.9 Å². The Hall–Kier alpha value is -0.320. The Labute approximate surface area is 109 Å². The second kappa shape index (κ2) is 7.09. The highest BCUT2D eigenvalue weighted by atomic mass is 35.5. The molecule has 1 aromatic rings. The molecular weight excluding hydrogens is 267 g/mol. The van der Waals surface area contributed by atoms with Crippen molar-refractivity contribution in [2.45, 2.75) is 31.2 Å². The minimum absolute atomic E-state index is 0.0774. The van der Waals surface area contributed by atoms with Gasteiger partial charge < -0.3 is 0 Å². The number of unbranched alkanes of at least 4 members (excludes halogenated alkanes) is 2. The summed E-state index contributed by atoms with van der Waals surface area (Å²) in [5, 5.41) is 0.762. The monoisotopic (exact) mass is 278 g/mol. The first-order chi connectivity index (χ1) is 7.69. The van der Waals surface area contributed by atoms with E-state index in [0.717, 1.165) is 25.0 Å². The number of halogens is 2. The Morgan fingerprint density at radius 3 is 2.69 bits per heavy atom. The van der Waals surface area contributed by atoms with Crippen LogP contribution in [-0.4, -0.2) is 22.0 Å². The molecule has 0 aliphatic carbocycles. The second-order valence-corrected chi connectivity index (χ2v) is 4.96. The van der Waals surface area contributed by atoms with Crippen molar-refractivity contribution < 1.29 is 4.79 Å². The summed E-state index contributed by atoms with van der Waals surface area (Å²) in [5.41, 5.74) is 0.326. The molecule has 0 bridgehead atoms. The van der Waals surface area contributed by atoms with E-state index in [1.54, 1.807) is 0 Å². The zero-order valence-electron chi connectivity index (χ0n) is 8.87. The largest absolute Gasteiger partial charge is 0.298 e. The molecule has 0 aliphatic rings. The van der Waals surface area contributed by atoms with Gasteiger partial charge in [-0.3, -0.25) is 4.79 Å². The van der Waals surface area contributed by atoms with Crippen LogP contribution in [0, 0.1) is 0 Å². The fourth-order valence-electron chi connectivity index (χ4n) is 1.13. The van der Waals surface area contributed by atoms with Gasteiger partial charge in [-0.15, -0.1) is 11.8 Å². The first kappa shape index (κ1) is 13.7. The van der Waals surface area contributed by atoms with E-state index in [-0.39, 0.29) is 10.4 Å². The maximum absolute atomic E-state index is 10.8. The van der Waals surface area contributed by atoms with E-state index in [1.807, 2.05) is 0 Å². The number of thioether (sulfide) groups is 1. The van der Waals surface area contributed by atoms with Gasteiger partial charge >= 0.3 is 0 Å². The molecule has 1 heterocycles. The topological polar surface area (TPSA) is 42.9 Å². The van der Waals surface area contributed by atoms with Crippen molar-refractivity contribution in [1.82, 2.24) is 9.97 Å². The molecule has 1 aromatic heterocycles. The zero-order chi connectivity index (χ0) is 12.0. The van der Waals surface area contributed by atoms with Gasteiger partial charge in [0, 0.05) is 0 Å². The Balaban J connectivity index is 2.73. The zero-order valence-corrected chi connectivity index (χ0v) is 11.2. The number of hydrogen-bond donors (Lipinski definition) is 0. The molecule has 0 aromatic carbocycles. The third-order valence-electron chi connectivity index (χ3n) is 1.94. The van der Waals surface area contributed by atoms with E-state index in [2.05, 4.69) is 16.9 Å². The van der Waals surface area contributed by atoms with E-state index in [4.69, 9.17) is 23.2 Å². The SMILES string of the molecule is CCCCCSc1nc(Cl)nc(Cl)c1C=O. The summed E-state index contributed by atoms with van der Waals surface area (Å²) >= 11 is 13.0. The average molecular weight is 279 g/mol. The summed E-state index contributed by atoms with van der Waals surface area (Å²) in [6.45, 7) is 2.14. The molecule has 0 spiro atoms. The van der Waals surface area contributed by atoms with E-state index < -0.39 is 0 Å². The van der Waals surface area contributed by atoms with Crippen molar-refractivity contribution in [2.24, 2.45) is 0 Å². The third kappa shape index (κ3) is 3.92. The van der Waals surface area contributed by atoms with Gasteiger partial charge in [0.15, 0.2) is 6.29 Å². The van der Waals surface area contributed by atoms with Gasteiger partial charge in [0.2, 0.25) is 5.28 Å². The van der Waals surface area contributed by atoms with Gasteiger partial charge in [-0.1, -0.05) is 31.4 Å². The molecule has 0 fully saturated rings. The van der Waals surface area contributed by atoms with Crippen LogP contribution < -0.4 is 0 Å². The molecule has 0 aliphatic heterocycles. The standard InChI is InChI=1S/C10H12Cl2N2OS/c1-2-3-4-5-16-9-7(6-15)8(11)13-10(12)14-9/h6H,2-5H2,1H3. The lowest BCUT2D eigenvalue weighted by molar-refractivity contribution is 0.112. The van der Waals surface area contributed by atoms with Crippen LogP contribution in [-0.2, 0) is 0 Å². The third-order valence-corrected chi connectivity index (χ3v) is 3.48. The van der Waals surface area contributed by atoms with Crippen molar-refractivity contribution in [2.75, 3.05) is 5.75 Å². The van der Waals surface area contributed by atoms with E-state index in [9.17, 15) is 4.79 Å². The smallest absolute Gasteiger partial charge is 0.224 e. The first-order valence-electron chi connectivity index (χ1n) is 5.00. The summed E-state index contributed by atoms with van der Waals surface area (Å²) in [7, 11) is 0. The van der Waals surface area contributed by atoms with Gasteiger partial charge in [0.25, 0.3) is 0 Å². The number of carbonyl (C=O) groups excluding carboxylic acids is 1. The summed E-state index contributed by atoms with van der Waals surface area (Å²) in [6.07, 6.45) is 4.07. The molecule has 0 saturated carbocycles. The fraction of sp³-hybridized carbons (Fsp3) is 0.500. The maximum atomic E-state index is 10.8. The van der Waals surface area contributed by atoms with Gasteiger partial charge in [0.1, 0.15) is 10.2 Å². The van der Waals surface area contributed by atoms with Crippen molar-refractivity contribution in [1.29, 1.82) is 0 Å². The molecule has 0 radical (unpaired) electrons. The number of rotatable bonds is 6. The molecule has 0 atom stereocenters. The molecule has 3 nitrogen and oxygen atoms in total. The lowest BCUT2D eigenvalue weighted by Crippen LogP contribution is -1.96. The Morgan fingerprint density at radius 1 is 1.31 bits per heavy atom. The molecular formula is C10H12Cl2N2OS. The number of nitrogens with zero attached hydrogens (tertiary/aromatic N) is 2. The molecule has 1 rings (SSSR count). The molecule has 88 valence electrons. The van der Waals surface area contributed by atoms with Crippen molar-refractivity contribution in [3.8, 4) is 0 Å². The molecule has 0 N–H and O–H groups in total.